The minimum Gasteiger partial charge on any atom is -0.465 e. The van der Waals surface area contributed by atoms with E-state index in [0.29, 0.717) is 24.2 Å². The number of hydrogen-bond acceptors (Lipinski definition) is 6. The number of fused-ring (bicyclic) bond motifs is 6. The lowest BCUT2D eigenvalue weighted by molar-refractivity contribution is -0.150. The van der Waals surface area contributed by atoms with E-state index in [1.165, 1.54) is 11.1 Å². The van der Waals surface area contributed by atoms with Crippen LogP contribution >= 0.6 is 0 Å². The second-order valence-electron chi connectivity index (χ2n) is 18.0. The van der Waals surface area contributed by atoms with Crippen molar-refractivity contribution in [3.05, 3.63) is 58.7 Å². The molecule has 11 heteroatoms. The van der Waals surface area contributed by atoms with Crippen LogP contribution in [0.25, 0.3) is 0 Å². The molecule has 4 aliphatic carbocycles. The summed E-state index contributed by atoms with van der Waals surface area (Å²) in [6.45, 7) is 13.8. The molecule has 0 saturated heterocycles. The molecule has 4 aliphatic rings. The highest BCUT2D eigenvalue weighted by Crippen LogP contribution is 2.59. The lowest BCUT2D eigenvalue weighted by Crippen LogP contribution is -2.60. The van der Waals surface area contributed by atoms with Crippen LogP contribution in [0.1, 0.15) is 122 Å². The van der Waals surface area contributed by atoms with Gasteiger partial charge in [0.25, 0.3) is 0 Å². The van der Waals surface area contributed by atoms with Crippen molar-refractivity contribution in [2.45, 2.75) is 136 Å². The standard InChI is InChI=1S/C43H59N5O6/c1-24(2)34(44)36(50)45-25(3)35(49)46-28-14-10-26-12-16-32-40(4,30(26)22-28)18-8-20-42(32,6)37(51)48-38(52)43(7)21-9-19-41(5)31-23-29(47-39(53)54)15-11-27(31)13-17-33(41)43/h10-11,14-15,22-25,32-34,47H,8-9,12-13,16-21,44H2,1-7H3,(H,45,50)(H,46,49)(H,53,54)(H,48,51,52)/t25-,32+,33+,34-,40+,41+,42-,43-/m0/s1. The number of benzene rings is 2. The Labute approximate surface area is 319 Å². The summed E-state index contributed by atoms with van der Waals surface area (Å²) in [6.07, 6.45) is 6.88. The summed E-state index contributed by atoms with van der Waals surface area (Å²) < 4.78 is 0. The molecular weight excluding hydrogens is 683 g/mol. The molecule has 0 unspecified atom stereocenters. The van der Waals surface area contributed by atoms with Crippen molar-refractivity contribution in [2.24, 2.45) is 34.3 Å². The molecule has 0 aromatic heterocycles. The Morgan fingerprint density at radius 2 is 1.17 bits per heavy atom. The largest absolute Gasteiger partial charge is 0.465 e. The maximum Gasteiger partial charge on any atom is 0.409 e. The molecule has 5 amide bonds. The van der Waals surface area contributed by atoms with Crippen molar-refractivity contribution in [2.75, 3.05) is 10.6 Å². The van der Waals surface area contributed by atoms with Crippen LogP contribution in [-0.2, 0) is 42.8 Å². The normalized spacial score (nSPS) is 31.0. The average molecular weight is 742 g/mol. The van der Waals surface area contributed by atoms with Crippen molar-refractivity contribution in [3.63, 3.8) is 0 Å². The maximum atomic E-state index is 14.6. The Kier molecular flexibility index (Phi) is 10.5. The molecular formula is C43H59N5O6. The van der Waals surface area contributed by atoms with E-state index in [1.54, 1.807) is 13.0 Å². The zero-order chi connectivity index (χ0) is 39.4. The molecule has 6 rings (SSSR count). The topological polar surface area (TPSA) is 180 Å². The third-order valence-corrected chi connectivity index (χ3v) is 14.3. The maximum absolute atomic E-state index is 14.6. The molecule has 7 N–H and O–H groups in total. The molecule has 0 aliphatic heterocycles. The Balaban J connectivity index is 1.20. The number of anilines is 2. The van der Waals surface area contributed by atoms with Crippen molar-refractivity contribution >= 4 is 41.1 Å². The minimum absolute atomic E-state index is 0.0123. The van der Waals surface area contributed by atoms with E-state index >= 15 is 0 Å². The first-order valence-corrected chi connectivity index (χ1v) is 19.8. The summed E-state index contributed by atoms with van der Waals surface area (Å²) >= 11 is 0. The Morgan fingerprint density at radius 3 is 1.61 bits per heavy atom. The lowest BCUT2D eigenvalue weighted by atomic mass is 9.49. The van der Waals surface area contributed by atoms with Crippen LogP contribution in [0.15, 0.2) is 36.4 Å². The van der Waals surface area contributed by atoms with Crippen LogP contribution in [0.5, 0.6) is 0 Å². The molecule has 2 fully saturated rings. The van der Waals surface area contributed by atoms with Gasteiger partial charge in [-0.2, -0.15) is 0 Å². The zero-order valence-electron chi connectivity index (χ0n) is 33.0. The number of amides is 5. The van der Waals surface area contributed by atoms with Crippen LogP contribution in [0.2, 0.25) is 0 Å². The van der Waals surface area contributed by atoms with Gasteiger partial charge in [0.15, 0.2) is 0 Å². The quantitative estimate of drug-likeness (QED) is 0.166. The van der Waals surface area contributed by atoms with Crippen LogP contribution in [-0.4, -0.2) is 46.9 Å². The predicted octanol–water partition coefficient (Wildman–Crippen LogP) is 6.57. The Bertz CT molecular complexity index is 1860. The summed E-state index contributed by atoms with van der Waals surface area (Å²) in [7, 11) is 0. The van der Waals surface area contributed by atoms with E-state index in [1.807, 2.05) is 52.0 Å². The molecule has 292 valence electrons. The Morgan fingerprint density at radius 1 is 0.704 bits per heavy atom. The number of nitrogens with two attached hydrogens (primary N) is 1. The van der Waals surface area contributed by atoms with Crippen molar-refractivity contribution in [3.8, 4) is 0 Å². The van der Waals surface area contributed by atoms with Gasteiger partial charge in [0.1, 0.15) is 6.04 Å². The van der Waals surface area contributed by atoms with Gasteiger partial charge in [-0.15, -0.1) is 0 Å². The van der Waals surface area contributed by atoms with Gasteiger partial charge in [-0.05, 0) is 133 Å². The third kappa shape index (κ3) is 6.81. The van der Waals surface area contributed by atoms with Crippen LogP contribution in [0.4, 0.5) is 16.2 Å². The molecule has 0 spiro atoms. The number of carbonyl (C=O) groups is 5. The van der Waals surface area contributed by atoms with Crippen LogP contribution in [0, 0.1) is 28.6 Å². The van der Waals surface area contributed by atoms with Gasteiger partial charge in [-0.1, -0.05) is 66.5 Å². The number of aryl methyl sites for hydroxylation is 2. The monoisotopic (exact) mass is 741 g/mol. The number of hydrogen-bond donors (Lipinski definition) is 6. The van der Waals surface area contributed by atoms with E-state index in [4.69, 9.17) is 5.73 Å². The smallest absolute Gasteiger partial charge is 0.409 e. The lowest BCUT2D eigenvalue weighted by Gasteiger charge is -2.56. The van der Waals surface area contributed by atoms with Crippen molar-refractivity contribution in [1.29, 1.82) is 0 Å². The molecule has 2 aromatic carbocycles. The molecule has 11 nitrogen and oxygen atoms in total. The molecule has 2 aromatic rings. The SMILES string of the molecule is CC(C)[C@H](N)C(=O)N[C@@H](C)C(=O)Nc1ccc2c(c1)[C@@]1(C)CCC[C@](C)(C(=O)NC(=O)[C@@]3(C)CCC[C@]4(C)c5cc(NC(=O)O)ccc5CC[C@@H]34)[C@@H]1CC2. The highest BCUT2D eigenvalue weighted by atomic mass is 16.4. The van der Waals surface area contributed by atoms with E-state index < -0.39 is 29.0 Å². The fourth-order valence-corrected chi connectivity index (χ4v) is 11.1. The minimum atomic E-state index is -1.11. The Hall–Kier alpha value is -4.25. The first-order chi connectivity index (χ1) is 25.3. The highest BCUT2D eigenvalue weighted by Gasteiger charge is 2.58. The summed E-state index contributed by atoms with van der Waals surface area (Å²) in [5.74, 6) is -1.22. The fourth-order valence-electron chi connectivity index (χ4n) is 11.1. The second kappa shape index (κ2) is 14.4. The zero-order valence-corrected chi connectivity index (χ0v) is 33.0. The van der Waals surface area contributed by atoms with Crippen molar-refractivity contribution < 1.29 is 29.1 Å². The van der Waals surface area contributed by atoms with E-state index in [9.17, 15) is 29.1 Å². The molecule has 0 bridgehead atoms. The van der Waals surface area contributed by atoms with Crippen LogP contribution < -0.4 is 27.0 Å². The van der Waals surface area contributed by atoms with Gasteiger partial charge in [0.05, 0.1) is 16.9 Å². The number of carboxylic acid groups (broad SMARTS) is 1. The predicted molar refractivity (Wildman–Crippen MR) is 209 cm³/mol. The highest BCUT2D eigenvalue weighted by molar-refractivity contribution is 6.01. The second-order valence-corrected chi connectivity index (χ2v) is 18.0. The summed E-state index contributed by atoms with van der Waals surface area (Å²) in [5.41, 5.74) is 9.50. The van der Waals surface area contributed by atoms with Gasteiger partial charge in [0, 0.05) is 11.4 Å². The van der Waals surface area contributed by atoms with E-state index in [2.05, 4.69) is 41.2 Å². The number of imide groups is 1. The summed E-state index contributed by atoms with van der Waals surface area (Å²) in [6, 6.07) is 10.2. The summed E-state index contributed by atoms with van der Waals surface area (Å²) in [4.78, 5) is 66.2. The van der Waals surface area contributed by atoms with Gasteiger partial charge < -0.3 is 21.5 Å². The van der Waals surface area contributed by atoms with Gasteiger partial charge in [-0.25, -0.2) is 4.79 Å². The first-order valence-electron chi connectivity index (χ1n) is 19.8. The molecule has 54 heavy (non-hydrogen) atoms. The average Bonchev–Trinajstić information content (AvgIpc) is 3.11. The molecule has 2 saturated carbocycles. The van der Waals surface area contributed by atoms with Gasteiger partial charge >= 0.3 is 6.09 Å². The molecule has 0 radical (unpaired) electrons. The molecule has 8 atom stereocenters. The van der Waals surface area contributed by atoms with Gasteiger partial charge in [0.2, 0.25) is 23.6 Å². The number of nitrogens with one attached hydrogen (secondary N) is 4. The van der Waals surface area contributed by atoms with Crippen molar-refractivity contribution in [1.82, 2.24) is 10.6 Å². The van der Waals surface area contributed by atoms with Gasteiger partial charge in [-0.3, -0.25) is 29.8 Å². The van der Waals surface area contributed by atoms with E-state index in [0.717, 1.165) is 62.5 Å². The first kappa shape index (κ1) is 39.4. The summed E-state index contributed by atoms with van der Waals surface area (Å²) in [5, 5.41) is 20.6. The third-order valence-electron chi connectivity index (χ3n) is 14.3. The van der Waals surface area contributed by atoms with E-state index in [-0.39, 0.29) is 52.2 Å². The number of rotatable bonds is 8. The van der Waals surface area contributed by atoms with Crippen LogP contribution in [0.3, 0.4) is 0 Å². The fraction of sp³-hybridized carbons (Fsp3) is 0.605. The number of carbonyl (C=O) groups excluding carboxylic acids is 4. The molecule has 0 heterocycles.